The zero-order valence-corrected chi connectivity index (χ0v) is 12.4. The molecule has 0 heterocycles. The Morgan fingerprint density at radius 3 is 2.00 bits per heavy atom. The van der Waals surface area contributed by atoms with E-state index in [-0.39, 0.29) is 10.8 Å². The summed E-state index contributed by atoms with van der Waals surface area (Å²) in [5, 5.41) is 0. The molecule has 1 aliphatic rings. The molecule has 0 bridgehead atoms. The second-order valence-corrected chi connectivity index (χ2v) is 7.75. The van der Waals surface area contributed by atoms with Crippen molar-refractivity contribution in [1.29, 1.82) is 0 Å². The van der Waals surface area contributed by atoms with Crippen molar-refractivity contribution in [2.75, 3.05) is 0 Å². The molecular weight excluding hydrogens is 208 g/mol. The Hall–Kier alpha value is -0.330. The van der Waals surface area contributed by atoms with Gasteiger partial charge in [0.1, 0.15) is 5.78 Å². The Morgan fingerprint density at radius 2 is 1.53 bits per heavy atom. The lowest BCUT2D eigenvalue weighted by atomic mass is 9.71. The van der Waals surface area contributed by atoms with E-state index in [0.29, 0.717) is 11.7 Å². The fourth-order valence-electron chi connectivity index (χ4n) is 3.35. The highest BCUT2D eigenvalue weighted by molar-refractivity contribution is 5.84. The van der Waals surface area contributed by atoms with E-state index in [1.165, 1.54) is 32.1 Å². The molecule has 17 heavy (non-hydrogen) atoms. The van der Waals surface area contributed by atoms with Gasteiger partial charge in [0.15, 0.2) is 0 Å². The molecule has 0 atom stereocenters. The summed E-state index contributed by atoms with van der Waals surface area (Å²) in [6.45, 7) is 10.9. The molecule has 0 amide bonds. The average Bonchev–Trinajstić information content (AvgIpc) is 2.15. The van der Waals surface area contributed by atoms with Gasteiger partial charge >= 0.3 is 0 Å². The van der Waals surface area contributed by atoms with Crippen LogP contribution in [0.2, 0.25) is 0 Å². The third-order valence-corrected chi connectivity index (χ3v) is 3.93. The summed E-state index contributed by atoms with van der Waals surface area (Å²) in [5.41, 5.74) is 0.0986. The molecule has 0 radical (unpaired) electrons. The molecule has 1 nitrogen and oxygen atoms in total. The Balaban J connectivity index is 2.49. The highest BCUT2D eigenvalue weighted by Gasteiger charge is 2.33. The monoisotopic (exact) mass is 238 g/mol. The summed E-state index contributed by atoms with van der Waals surface area (Å²) >= 11 is 0. The summed E-state index contributed by atoms with van der Waals surface area (Å²) in [6.07, 6.45) is 8.40. The minimum absolute atomic E-state index is 0.143. The van der Waals surface area contributed by atoms with Crippen LogP contribution in [-0.4, -0.2) is 5.78 Å². The number of hydrogen-bond donors (Lipinski definition) is 0. The Kier molecular flexibility index (Phi) is 4.80. The van der Waals surface area contributed by atoms with Crippen LogP contribution in [0.1, 0.15) is 79.6 Å². The predicted octanol–water partition coefficient (Wildman–Crippen LogP) is 4.99. The largest absolute Gasteiger partial charge is 0.299 e. The quantitative estimate of drug-likeness (QED) is 0.674. The van der Waals surface area contributed by atoms with Gasteiger partial charge in [0.25, 0.3) is 0 Å². The molecule has 1 heteroatoms. The van der Waals surface area contributed by atoms with Crippen LogP contribution in [0, 0.1) is 16.7 Å². The molecule has 0 aromatic rings. The summed E-state index contributed by atoms with van der Waals surface area (Å²) < 4.78 is 0. The third-order valence-electron chi connectivity index (χ3n) is 3.93. The van der Waals surface area contributed by atoms with E-state index in [1.807, 2.05) is 0 Å². The van der Waals surface area contributed by atoms with Crippen LogP contribution in [0.3, 0.4) is 0 Å². The van der Waals surface area contributed by atoms with Gasteiger partial charge in [0.05, 0.1) is 0 Å². The fourth-order valence-corrected chi connectivity index (χ4v) is 3.35. The van der Waals surface area contributed by atoms with E-state index >= 15 is 0 Å². The van der Waals surface area contributed by atoms with Crippen LogP contribution < -0.4 is 0 Å². The van der Waals surface area contributed by atoms with E-state index in [0.717, 1.165) is 12.8 Å². The van der Waals surface area contributed by atoms with Gasteiger partial charge in [-0.1, -0.05) is 66.7 Å². The molecule has 1 rings (SSSR count). The molecule has 0 aromatic heterocycles. The van der Waals surface area contributed by atoms with Crippen LogP contribution in [-0.2, 0) is 4.79 Å². The lowest BCUT2D eigenvalue weighted by Gasteiger charge is -2.33. The number of ketones is 1. The molecule has 0 aliphatic heterocycles. The second kappa shape index (κ2) is 5.54. The molecule has 0 aromatic carbocycles. The standard InChI is InChI=1S/C16H30O/c1-15(2,3)12-16(4,5)14(17)11-13-9-7-6-8-10-13/h13H,6-12H2,1-5H3. The first-order chi connectivity index (χ1) is 7.71. The maximum atomic E-state index is 12.4. The maximum absolute atomic E-state index is 12.4. The van der Waals surface area contributed by atoms with Gasteiger partial charge in [-0.2, -0.15) is 0 Å². The fraction of sp³-hybridized carbons (Fsp3) is 0.938. The predicted molar refractivity (Wildman–Crippen MR) is 74.1 cm³/mol. The summed E-state index contributed by atoms with van der Waals surface area (Å²) in [7, 11) is 0. The van der Waals surface area contributed by atoms with E-state index in [4.69, 9.17) is 0 Å². The first kappa shape index (κ1) is 14.7. The van der Waals surface area contributed by atoms with E-state index in [9.17, 15) is 4.79 Å². The van der Waals surface area contributed by atoms with Gasteiger partial charge in [0.2, 0.25) is 0 Å². The first-order valence-electron chi connectivity index (χ1n) is 7.24. The van der Waals surface area contributed by atoms with Crippen LogP contribution in [0.25, 0.3) is 0 Å². The van der Waals surface area contributed by atoms with Crippen LogP contribution in [0.5, 0.6) is 0 Å². The number of carbonyl (C=O) groups is 1. The Morgan fingerprint density at radius 1 is 1.00 bits per heavy atom. The minimum Gasteiger partial charge on any atom is -0.299 e. The molecule has 0 spiro atoms. The van der Waals surface area contributed by atoms with Crippen molar-refractivity contribution in [3.63, 3.8) is 0 Å². The lowest BCUT2D eigenvalue weighted by molar-refractivity contribution is -0.129. The van der Waals surface area contributed by atoms with Crippen molar-refractivity contribution >= 4 is 5.78 Å². The van der Waals surface area contributed by atoms with Crippen molar-refractivity contribution in [1.82, 2.24) is 0 Å². The zero-order chi connectivity index (χ0) is 13.1. The van der Waals surface area contributed by atoms with Crippen molar-refractivity contribution < 1.29 is 4.79 Å². The SMILES string of the molecule is CC(C)(C)CC(C)(C)C(=O)CC1CCCCC1. The molecule has 1 fully saturated rings. The number of hydrogen-bond acceptors (Lipinski definition) is 1. The lowest BCUT2D eigenvalue weighted by Crippen LogP contribution is -2.31. The molecule has 0 saturated heterocycles. The summed E-state index contributed by atoms with van der Waals surface area (Å²) in [4.78, 5) is 12.4. The van der Waals surface area contributed by atoms with Crippen molar-refractivity contribution in [2.24, 2.45) is 16.7 Å². The van der Waals surface area contributed by atoms with Gasteiger partial charge in [-0.3, -0.25) is 4.79 Å². The maximum Gasteiger partial charge on any atom is 0.138 e. The normalized spacial score (nSPS) is 19.4. The summed E-state index contributed by atoms with van der Waals surface area (Å²) in [6, 6.07) is 0. The Bertz CT molecular complexity index is 251. The molecule has 0 N–H and O–H groups in total. The topological polar surface area (TPSA) is 17.1 Å². The molecule has 100 valence electrons. The molecule has 1 saturated carbocycles. The highest BCUT2D eigenvalue weighted by Crippen LogP contribution is 2.37. The third kappa shape index (κ3) is 5.23. The number of Topliss-reactive ketones (excluding diaryl/α,β-unsaturated/α-hetero) is 1. The van der Waals surface area contributed by atoms with Gasteiger partial charge in [-0.05, 0) is 17.8 Å². The molecular formula is C16H30O. The number of rotatable bonds is 4. The van der Waals surface area contributed by atoms with Crippen LogP contribution in [0.4, 0.5) is 0 Å². The van der Waals surface area contributed by atoms with Crippen molar-refractivity contribution in [3.8, 4) is 0 Å². The molecule has 1 aliphatic carbocycles. The summed E-state index contributed by atoms with van der Waals surface area (Å²) in [5.74, 6) is 1.16. The van der Waals surface area contributed by atoms with Crippen molar-refractivity contribution in [2.45, 2.75) is 79.6 Å². The van der Waals surface area contributed by atoms with Gasteiger partial charge in [-0.15, -0.1) is 0 Å². The van der Waals surface area contributed by atoms with Crippen LogP contribution in [0.15, 0.2) is 0 Å². The van der Waals surface area contributed by atoms with Gasteiger partial charge in [0, 0.05) is 11.8 Å². The van der Waals surface area contributed by atoms with E-state index in [2.05, 4.69) is 34.6 Å². The second-order valence-electron chi connectivity index (χ2n) is 7.75. The minimum atomic E-state index is -0.143. The number of carbonyl (C=O) groups excluding carboxylic acids is 1. The molecule has 0 unspecified atom stereocenters. The average molecular weight is 238 g/mol. The smallest absolute Gasteiger partial charge is 0.138 e. The van der Waals surface area contributed by atoms with Gasteiger partial charge < -0.3 is 0 Å². The highest BCUT2D eigenvalue weighted by atomic mass is 16.1. The Labute approximate surface area is 107 Å². The van der Waals surface area contributed by atoms with Crippen molar-refractivity contribution in [3.05, 3.63) is 0 Å². The van der Waals surface area contributed by atoms with E-state index < -0.39 is 0 Å². The van der Waals surface area contributed by atoms with Crippen LogP contribution >= 0.6 is 0 Å². The van der Waals surface area contributed by atoms with E-state index in [1.54, 1.807) is 0 Å². The van der Waals surface area contributed by atoms with Gasteiger partial charge in [-0.25, -0.2) is 0 Å². The first-order valence-corrected chi connectivity index (χ1v) is 7.24. The zero-order valence-electron chi connectivity index (χ0n) is 12.4.